The minimum absolute atomic E-state index is 0.126. The first-order chi connectivity index (χ1) is 12.0. The molecule has 1 N–H and O–H groups in total. The van der Waals surface area contributed by atoms with E-state index in [4.69, 9.17) is 23.2 Å². The van der Waals surface area contributed by atoms with Crippen molar-refractivity contribution in [2.75, 3.05) is 13.1 Å². The summed E-state index contributed by atoms with van der Waals surface area (Å²) in [6.07, 6.45) is 1.23. The van der Waals surface area contributed by atoms with Gasteiger partial charge in [0, 0.05) is 27.7 Å². The predicted octanol–water partition coefficient (Wildman–Crippen LogP) is 4.01. The molecule has 1 heterocycles. The summed E-state index contributed by atoms with van der Waals surface area (Å²) in [6.45, 7) is 0.782. The quantitative estimate of drug-likeness (QED) is 0.767. The maximum absolute atomic E-state index is 12.6. The van der Waals surface area contributed by atoms with Crippen molar-refractivity contribution in [1.29, 1.82) is 0 Å². The van der Waals surface area contributed by atoms with E-state index in [2.05, 4.69) is 11.8 Å². The van der Waals surface area contributed by atoms with Gasteiger partial charge in [-0.15, -0.1) is 0 Å². The lowest BCUT2D eigenvalue weighted by atomic mass is 9.92. The molecule has 1 fully saturated rings. The molecule has 3 nitrogen and oxygen atoms in total. The SMILES string of the molecule is O=C(c1ccc(Cl)cc1)N1CCCC(O)(C#Cc2cccc(Cl)c2)C1. The molecule has 1 unspecified atom stereocenters. The number of rotatable bonds is 1. The third kappa shape index (κ3) is 4.55. The number of amides is 1. The van der Waals surface area contributed by atoms with Gasteiger partial charge in [0.15, 0.2) is 0 Å². The summed E-state index contributed by atoms with van der Waals surface area (Å²) in [5.74, 6) is 5.76. The second-order valence-electron chi connectivity index (χ2n) is 6.13. The van der Waals surface area contributed by atoms with Gasteiger partial charge in [0.05, 0.1) is 6.54 Å². The van der Waals surface area contributed by atoms with Crippen LogP contribution in [0.1, 0.15) is 28.8 Å². The summed E-state index contributed by atoms with van der Waals surface area (Å²) in [7, 11) is 0. The molecule has 0 aromatic heterocycles. The summed E-state index contributed by atoms with van der Waals surface area (Å²) in [5, 5.41) is 12.0. The Kier molecular flexibility index (Phi) is 5.34. The van der Waals surface area contributed by atoms with Crippen LogP contribution in [0.5, 0.6) is 0 Å². The van der Waals surface area contributed by atoms with E-state index >= 15 is 0 Å². The smallest absolute Gasteiger partial charge is 0.253 e. The number of piperidine rings is 1. The lowest BCUT2D eigenvalue weighted by molar-refractivity contribution is 0.0153. The number of carbonyl (C=O) groups excluding carboxylic acids is 1. The Morgan fingerprint density at radius 1 is 1.12 bits per heavy atom. The van der Waals surface area contributed by atoms with Crippen LogP contribution in [0.4, 0.5) is 0 Å². The lowest BCUT2D eigenvalue weighted by Gasteiger charge is -2.36. The molecule has 0 radical (unpaired) electrons. The Morgan fingerprint density at radius 3 is 2.60 bits per heavy atom. The highest BCUT2D eigenvalue weighted by Crippen LogP contribution is 2.23. The van der Waals surface area contributed by atoms with Crippen molar-refractivity contribution in [2.45, 2.75) is 18.4 Å². The minimum atomic E-state index is -1.22. The van der Waals surface area contributed by atoms with Gasteiger partial charge in [-0.1, -0.05) is 41.1 Å². The molecule has 5 heteroatoms. The van der Waals surface area contributed by atoms with Crippen molar-refractivity contribution in [3.8, 4) is 11.8 Å². The van der Waals surface area contributed by atoms with Crippen LogP contribution in [0.15, 0.2) is 48.5 Å². The lowest BCUT2D eigenvalue weighted by Crippen LogP contribution is -2.49. The second-order valence-corrected chi connectivity index (χ2v) is 7.00. The maximum atomic E-state index is 12.6. The number of likely N-dealkylation sites (tertiary alicyclic amines) is 1. The molecule has 0 aliphatic carbocycles. The summed E-state index contributed by atoms with van der Waals surface area (Å²) in [4.78, 5) is 14.3. The Morgan fingerprint density at radius 2 is 1.88 bits per heavy atom. The largest absolute Gasteiger partial charge is 0.376 e. The molecule has 0 saturated carbocycles. The van der Waals surface area contributed by atoms with E-state index < -0.39 is 5.60 Å². The number of halogens is 2. The first-order valence-corrected chi connectivity index (χ1v) is 8.77. The van der Waals surface area contributed by atoms with E-state index in [9.17, 15) is 9.90 Å². The Bertz CT molecular complexity index is 839. The molecular weight excluding hydrogens is 357 g/mol. The third-order valence-corrected chi connectivity index (χ3v) is 4.60. The van der Waals surface area contributed by atoms with Gasteiger partial charge in [0.2, 0.25) is 0 Å². The van der Waals surface area contributed by atoms with E-state index in [0.29, 0.717) is 35.0 Å². The highest BCUT2D eigenvalue weighted by molar-refractivity contribution is 6.31. The van der Waals surface area contributed by atoms with Crippen LogP contribution in [0.3, 0.4) is 0 Å². The summed E-state index contributed by atoms with van der Waals surface area (Å²) in [6, 6.07) is 13.9. The number of hydrogen-bond donors (Lipinski definition) is 1. The molecule has 2 aromatic carbocycles. The van der Waals surface area contributed by atoms with Gasteiger partial charge in [-0.3, -0.25) is 4.79 Å². The number of carbonyl (C=O) groups is 1. The van der Waals surface area contributed by atoms with E-state index in [-0.39, 0.29) is 12.5 Å². The normalized spacial score (nSPS) is 19.9. The molecule has 3 rings (SSSR count). The molecule has 1 aliphatic heterocycles. The molecule has 128 valence electrons. The van der Waals surface area contributed by atoms with Gasteiger partial charge in [-0.2, -0.15) is 0 Å². The first kappa shape index (κ1) is 17.8. The molecule has 1 saturated heterocycles. The molecule has 1 aliphatic rings. The van der Waals surface area contributed by atoms with Gasteiger partial charge in [0.25, 0.3) is 5.91 Å². The van der Waals surface area contributed by atoms with Crippen molar-refractivity contribution in [3.05, 3.63) is 69.7 Å². The average molecular weight is 374 g/mol. The number of aliphatic hydroxyl groups is 1. The second kappa shape index (κ2) is 7.49. The van der Waals surface area contributed by atoms with E-state index in [1.165, 1.54) is 0 Å². The molecular formula is C20H17Cl2NO2. The number of hydrogen-bond acceptors (Lipinski definition) is 2. The number of β-amino-alcohol motifs (C(OH)–C–C–N with tert-alkyl or cyclic N) is 1. The van der Waals surface area contributed by atoms with Gasteiger partial charge in [-0.25, -0.2) is 0 Å². The fourth-order valence-corrected chi connectivity index (χ4v) is 3.16. The zero-order valence-corrected chi connectivity index (χ0v) is 15.0. The molecule has 0 spiro atoms. The molecule has 1 amide bonds. The standard InChI is InChI=1S/C20H17Cl2NO2/c21-17-7-5-16(6-8-17)19(24)23-12-2-10-20(25,14-23)11-9-15-3-1-4-18(22)13-15/h1,3-8,13,25H,2,10,12,14H2. The summed E-state index contributed by atoms with van der Waals surface area (Å²) >= 11 is 11.8. The van der Waals surface area contributed by atoms with Crippen molar-refractivity contribution >= 4 is 29.1 Å². The van der Waals surface area contributed by atoms with Crippen LogP contribution in [-0.2, 0) is 0 Å². The highest BCUT2D eigenvalue weighted by Gasteiger charge is 2.34. The van der Waals surface area contributed by atoms with Crippen LogP contribution >= 0.6 is 23.2 Å². The zero-order chi connectivity index (χ0) is 17.9. The van der Waals surface area contributed by atoms with E-state index in [1.807, 2.05) is 12.1 Å². The summed E-state index contributed by atoms with van der Waals surface area (Å²) in [5.41, 5.74) is 0.0707. The van der Waals surface area contributed by atoms with Crippen LogP contribution in [0.2, 0.25) is 10.0 Å². The minimum Gasteiger partial charge on any atom is -0.376 e. The predicted molar refractivity (Wildman–Crippen MR) is 99.9 cm³/mol. The molecule has 1 atom stereocenters. The van der Waals surface area contributed by atoms with Gasteiger partial charge in [-0.05, 0) is 55.3 Å². The molecule has 25 heavy (non-hydrogen) atoms. The van der Waals surface area contributed by atoms with Crippen molar-refractivity contribution < 1.29 is 9.90 Å². The van der Waals surface area contributed by atoms with Crippen LogP contribution in [-0.4, -0.2) is 34.6 Å². The number of nitrogens with zero attached hydrogens (tertiary/aromatic N) is 1. The Labute approximate surface area is 157 Å². The van der Waals surface area contributed by atoms with Crippen molar-refractivity contribution in [2.24, 2.45) is 0 Å². The Hall–Kier alpha value is -1.99. The Balaban J connectivity index is 1.76. The average Bonchev–Trinajstić information content (AvgIpc) is 2.60. The fourth-order valence-electron chi connectivity index (χ4n) is 2.84. The third-order valence-electron chi connectivity index (χ3n) is 4.11. The fraction of sp³-hybridized carbons (Fsp3) is 0.250. The summed E-state index contributed by atoms with van der Waals surface area (Å²) < 4.78 is 0. The van der Waals surface area contributed by atoms with Crippen LogP contribution in [0, 0.1) is 11.8 Å². The van der Waals surface area contributed by atoms with Crippen molar-refractivity contribution in [3.63, 3.8) is 0 Å². The van der Waals surface area contributed by atoms with E-state index in [1.54, 1.807) is 41.3 Å². The monoisotopic (exact) mass is 373 g/mol. The topological polar surface area (TPSA) is 40.5 Å². The molecule has 0 bridgehead atoms. The number of benzene rings is 2. The maximum Gasteiger partial charge on any atom is 0.253 e. The van der Waals surface area contributed by atoms with Gasteiger partial charge >= 0.3 is 0 Å². The van der Waals surface area contributed by atoms with Crippen LogP contribution < -0.4 is 0 Å². The molecule has 2 aromatic rings. The zero-order valence-electron chi connectivity index (χ0n) is 13.5. The van der Waals surface area contributed by atoms with Gasteiger partial charge in [0.1, 0.15) is 5.60 Å². The first-order valence-electron chi connectivity index (χ1n) is 8.01. The van der Waals surface area contributed by atoms with Crippen molar-refractivity contribution in [1.82, 2.24) is 4.90 Å². The van der Waals surface area contributed by atoms with E-state index in [0.717, 1.165) is 5.56 Å². The van der Waals surface area contributed by atoms with Gasteiger partial charge < -0.3 is 10.0 Å². The highest BCUT2D eigenvalue weighted by atomic mass is 35.5. The van der Waals surface area contributed by atoms with Crippen LogP contribution in [0.25, 0.3) is 0 Å².